The molecule has 2 rings (SSSR count). The summed E-state index contributed by atoms with van der Waals surface area (Å²) in [6.45, 7) is 4.28. The van der Waals surface area contributed by atoms with Gasteiger partial charge in [-0.2, -0.15) is 0 Å². The molecule has 0 saturated carbocycles. The number of aliphatic hydroxyl groups is 1. The highest BCUT2D eigenvalue weighted by Crippen LogP contribution is 2.18. The maximum absolute atomic E-state index is 11.6. The first kappa shape index (κ1) is 24.3. The maximum atomic E-state index is 11.6. The van der Waals surface area contributed by atoms with Gasteiger partial charge in [-0.25, -0.2) is 4.79 Å². The minimum absolute atomic E-state index is 0. The van der Waals surface area contributed by atoms with Crippen LogP contribution in [0.2, 0.25) is 0 Å². The first-order valence-corrected chi connectivity index (χ1v) is 9.27. The maximum Gasteiger partial charge on any atom is 0.409 e. The predicted molar refractivity (Wildman–Crippen MR) is 119 cm³/mol. The standard InChI is InChI=1S/C19H30N4O4.HI/c1-4-20-18(22-15-9-11-23(12-10-15)19(25)27-3)21-13-17(24)14-5-7-16(26-2)8-6-14;/h5-8,15,17,24H,4,9-13H2,1-3H3,(H2,20,21,22);1H. The van der Waals surface area contributed by atoms with E-state index < -0.39 is 6.10 Å². The fourth-order valence-electron chi connectivity index (χ4n) is 2.96. The second-order valence-electron chi connectivity index (χ2n) is 6.38. The summed E-state index contributed by atoms with van der Waals surface area (Å²) in [5.74, 6) is 1.42. The molecule has 1 fully saturated rings. The van der Waals surface area contributed by atoms with Crippen molar-refractivity contribution >= 4 is 36.0 Å². The topological polar surface area (TPSA) is 95.4 Å². The molecule has 28 heavy (non-hydrogen) atoms. The molecule has 1 amide bonds. The van der Waals surface area contributed by atoms with E-state index in [4.69, 9.17) is 9.47 Å². The number of hydrogen-bond donors (Lipinski definition) is 3. The summed E-state index contributed by atoms with van der Waals surface area (Å²) in [7, 11) is 3.01. The third-order valence-corrected chi connectivity index (χ3v) is 4.54. The summed E-state index contributed by atoms with van der Waals surface area (Å²) in [5, 5.41) is 17.0. The highest BCUT2D eigenvalue weighted by Gasteiger charge is 2.23. The number of halogens is 1. The number of nitrogens with zero attached hydrogens (tertiary/aromatic N) is 2. The number of ether oxygens (including phenoxy) is 2. The molecule has 1 aliphatic heterocycles. The van der Waals surface area contributed by atoms with E-state index >= 15 is 0 Å². The lowest BCUT2D eigenvalue weighted by molar-refractivity contribution is 0.111. The number of carbonyl (C=O) groups is 1. The van der Waals surface area contributed by atoms with E-state index in [-0.39, 0.29) is 42.7 Å². The molecule has 1 aliphatic rings. The van der Waals surface area contributed by atoms with E-state index in [1.165, 1.54) is 7.11 Å². The number of rotatable bonds is 6. The van der Waals surface area contributed by atoms with E-state index in [0.717, 1.165) is 30.7 Å². The minimum atomic E-state index is -0.687. The van der Waals surface area contributed by atoms with Crippen LogP contribution in [0.3, 0.4) is 0 Å². The number of likely N-dealkylation sites (tertiary alicyclic amines) is 1. The van der Waals surface area contributed by atoms with Gasteiger partial charge in [0.2, 0.25) is 0 Å². The van der Waals surface area contributed by atoms with Crippen molar-refractivity contribution in [1.29, 1.82) is 0 Å². The largest absolute Gasteiger partial charge is 0.497 e. The van der Waals surface area contributed by atoms with E-state index in [1.54, 1.807) is 12.0 Å². The van der Waals surface area contributed by atoms with E-state index in [9.17, 15) is 9.90 Å². The van der Waals surface area contributed by atoms with Crippen LogP contribution in [0, 0.1) is 0 Å². The average Bonchev–Trinajstić information content (AvgIpc) is 2.72. The number of carbonyl (C=O) groups excluding carboxylic acids is 1. The van der Waals surface area contributed by atoms with Crippen molar-refractivity contribution in [3.05, 3.63) is 29.8 Å². The smallest absolute Gasteiger partial charge is 0.409 e. The number of aliphatic hydroxyl groups excluding tert-OH is 1. The average molecular weight is 506 g/mol. The monoisotopic (exact) mass is 506 g/mol. The van der Waals surface area contributed by atoms with E-state index in [2.05, 4.69) is 15.6 Å². The molecule has 0 spiro atoms. The fourth-order valence-corrected chi connectivity index (χ4v) is 2.96. The van der Waals surface area contributed by atoms with Crippen molar-refractivity contribution in [2.24, 2.45) is 4.99 Å². The van der Waals surface area contributed by atoms with Gasteiger partial charge in [0.25, 0.3) is 0 Å². The summed E-state index contributed by atoms with van der Waals surface area (Å²) in [4.78, 5) is 17.8. The Hall–Kier alpha value is -1.75. The van der Waals surface area contributed by atoms with Crippen LogP contribution < -0.4 is 15.4 Å². The second-order valence-corrected chi connectivity index (χ2v) is 6.38. The van der Waals surface area contributed by atoms with Crippen LogP contribution in [0.25, 0.3) is 0 Å². The van der Waals surface area contributed by atoms with Gasteiger partial charge in [-0.3, -0.25) is 4.99 Å². The summed E-state index contributed by atoms with van der Waals surface area (Å²) < 4.78 is 9.89. The van der Waals surface area contributed by atoms with Crippen LogP contribution >= 0.6 is 24.0 Å². The van der Waals surface area contributed by atoms with Gasteiger partial charge in [-0.05, 0) is 37.5 Å². The van der Waals surface area contributed by atoms with Crippen molar-refractivity contribution in [3.63, 3.8) is 0 Å². The van der Waals surface area contributed by atoms with E-state index in [1.807, 2.05) is 31.2 Å². The molecule has 0 bridgehead atoms. The molecular weight excluding hydrogens is 475 g/mol. The van der Waals surface area contributed by atoms with Crippen LogP contribution in [-0.4, -0.2) is 68.5 Å². The first-order chi connectivity index (χ1) is 13.1. The third kappa shape index (κ3) is 7.34. The Morgan fingerprint density at radius 2 is 1.93 bits per heavy atom. The van der Waals surface area contributed by atoms with Gasteiger partial charge in [-0.15, -0.1) is 24.0 Å². The predicted octanol–water partition coefficient (Wildman–Crippen LogP) is 2.13. The number of amides is 1. The molecule has 9 heteroatoms. The van der Waals surface area contributed by atoms with Crippen LogP contribution in [0.5, 0.6) is 5.75 Å². The van der Waals surface area contributed by atoms with E-state index in [0.29, 0.717) is 19.0 Å². The van der Waals surface area contributed by atoms with Crippen LogP contribution in [-0.2, 0) is 4.74 Å². The fraction of sp³-hybridized carbons (Fsp3) is 0.579. The lowest BCUT2D eigenvalue weighted by Crippen LogP contribution is -2.49. The Balaban J connectivity index is 0.00000392. The molecule has 0 radical (unpaired) electrons. The highest BCUT2D eigenvalue weighted by molar-refractivity contribution is 14.0. The molecule has 3 N–H and O–H groups in total. The molecule has 1 unspecified atom stereocenters. The summed E-state index contributed by atoms with van der Waals surface area (Å²) >= 11 is 0. The molecule has 0 aromatic heterocycles. The number of piperidine rings is 1. The third-order valence-electron chi connectivity index (χ3n) is 4.54. The zero-order valence-electron chi connectivity index (χ0n) is 16.7. The zero-order valence-corrected chi connectivity index (χ0v) is 19.0. The molecular formula is C19H31IN4O4. The molecule has 1 heterocycles. The Morgan fingerprint density at radius 1 is 1.29 bits per heavy atom. The van der Waals surface area contributed by atoms with Crippen LogP contribution in [0.15, 0.2) is 29.3 Å². The molecule has 8 nitrogen and oxygen atoms in total. The lowest BCUT2D eigenvalue weighted by atomic mass is 10.1. The minimum Gasteiger partial charge on any atom is -0.497 e. The number of hydrogen-bond acceptors (Lipinski definition) is 5. The molecule has 1 aromatic carbocycles. The van der Waals surface area contributed by atoms with Crippen molar-refractivity contribution in [1.82, 2.24) is 15.5 Å². The Bertz CT molecular complexity index is 619. The second kappa shape index (κ2) is 12.7. The zero-order chi connectivity index (χ0) is 19.6. The van der Waals surface area contributed by atoms with Gasteiger partial charge in [0, 0.05) is 25.7 Å². The number of aliphatic imine (C=N–C) groups is 1. The van der Waals surface area contributed by atoms with Gasteiger partial charge in [-0.1, -0.05) is 12.1 Å². The van der Waals surface area contributed by atoms with Crippen molar-refractivity contribution in [3.8, 4) is 5.75 Å². The van der Waals surface area contributed by atoms with Crippen molar-refractivity contribution in [2.75, 3.05) is 40.4 Å². The van der Waals surface area contributed by atoms with Gasteiger partial charge < -0.3 is 30.1 Å². The van der Waals surface area contributed by atoms with Crippen molar-refractivity contribution < 1.29 is 19.4 Å². The normalized spacial score (nSPS) is 16.0. The molecule has 1 aromatic rings. The highest BCUT2D eigenvalue weighted by atomic mass is 127. The van der Waals surface area contributed by atoms with Crippen LogP contribution in [0.4, 0.5) is 4.79 Å². The Morgan fingerprint density at radius 3 is 2.46 bits per heavy atom. The van der Waals surface area contributed by atoms with Gasteiger partial charge in [0.05, 0.1) is 26.9 Å². The summed E-state index contributed by atoms with van der Waals surface area (Å²) in [5.41, 5.74) is 0.793. The van der Waals surface area contributed by atoms with Gasteiger partial charge in [0.15, 0.2) is 5.96 Å². The number of methoxy groups -OCH3 is 2. The van der Waals surface area contributed by atoms with Crippen molar-refractivity contribution in [2.45, 2.75) is 31.9 Å². The Kier molecular flexibility index (Phi) is 11.0. The van der Waals surface area contributed by atoms with Crippen LogP contribution in [0.1, 0.15) is 31.4 Å². The summed E-state index contributed by atoms with van der Waals surface area (Å²) in [6.07, 6.45) is 0.672. The molecule has 1 saturated heterocycles. The quantitative estimate of drug-likeness (QED) is 0.311. The van der Waals surface area contributed by atoms with Gasteiger partial charge in [0.1, 0.15) is 5.75 Å². The summed E-state index contributed by atoms with van der Waals surface area (Å²) in [6, 6.07) is 7.53. The number of nitrogens with one attached hydrogen (secondary N) is 2. The number of benzene rings is 1. The lowest BCUT2D eigenvalue weighted by Gasteiger charge is -2.32. The molecule has 1 atom stereocenters. The molecule has 158 valence electrons. The molecule has 0 aliphatic carbocycles. The Labute approximate surface area is 183 Å². The van der Waals surface area contributed by atoms with Gasteiger partial charge >= 0.3 is 6.09 Å². The number of guanidine groups is 1. The SMILES string of the molecule is CCNC(=NCC(O)c1ccc(OC)cc1)NC1CCN(C(=O)OC)CC1.I. The first-order valence-electron chi connectivity index (χ1n) is 9.27.